The Morgan fingerprint density at radius 3 is 2.41 bits per heavy atom. The molecule has 0 amide bonds. The Hall–Kier alpha value is -0.410. The van der Waals surface area contributed by atoms with Crippen molar-refractivity contribution in [2.45, 2.75) is 39.7 Å². The predicted molar refractivity (Wildman–Crippen MR) is 77.0 cm³/mol. The Morgan fingerprint density at radius 1 is 1.24 bits per heavy atom. The summed E-state index contributed by atoms with van der Waals surface area (Å²) in [4.78, 5) is 4.47. The summed E-state index contributed by atoms with van der Waals surface area (Å²) in [6.45, 7) is 6.88. The molecule has 1 aromatic rings. The van der Waals surface area contributed by atoms with Gasteiger partial charge in [-0.3, -0.25) is 4.98 Å². The van der Waals surface area contributed by atoms with E-state index in [0.717, 1.165) is 28.4 Å². The maximum Gasteiger partial charge on any atom is 0.0574 e. The van der Waals surface area contributed by atoms with E-state index in [4.69, 9.17) is 0 Å². The lowest BCUT2D eigenvalue weighted by atomic mass is 9.91. The number of rotatable bonds is 6. The van der Waals surface area contributed by atoms with Crippen LogP contribution in [0.4, 0.5) is 0 Å². The summed E-state index contributed by atoms with van der Waals surface area (Å²) >= 11 is 3.42. The van der Waals surface area contributed by atoms with Crippen LogP contribution in [-0.4, -0.2) is 12.0 Å². The summed E-state index contributed by atoms with van der Waals surface area (Å²) in [5.41, 5.74) is 1.13. The third kappa shape index (κ3) is 5.17. The van der Waals surface area contributed by atoms with E-state index in [2.05, 4.69) is 59.1 Å². The standard InChI is InChI=1S/C14H23BrN2/c1-10(2)7-11(3)8-14(16-4)13-6-5-12(15)9-17-13/h5-6,9-11,14,16H,7-8H2,1-4H3. The lowest BCUT2D eigenvalue weighted by Gasteiger charge is -2.21. The molecule has 0 aliphatic heterocycles. The van der Waals surface area contributed by atoms with Crippen LogP contribution in [0.3, 0.4) is 0 Å². The van der Waals surface area contributed by atoms with Crippen molar-refractivity contribution in [3.05, 3.63) is 28.5 Å². The van der Waals surface area contributed by atoms with Gasteiger partial charge in [0.25, 0.3) is 0 Å². The van der Waals surface area contributed by atoms with Crippen molar-refractivity contribution in [1.29, 1.82) is 0 Å². The molecule has 0 saturated heterocycles. The Bertz CT molecular complexity index is 321. The summed E-state index contributed by atoms with van der Waals surface area (Å²) < 4.78 is 1.03. The maximum absolute atomic E-state index is 4.47. The van der Waals surface area contributed by atoms with Gasteiger partial charge in [0.2, 0.25) is 0 Å². The Kier molecular flexibility index (Phi) is 6.14. The molecular weight excluding hydrogens is 276 g/mol. The van der Waals surface area contributed by atoms with Crippen LogP contribution in [0.25, 0.3) is 0 Å². The topological polar surface area (TPSA) is 24.9 Å². The first kappa shape index (κ1) is 14.7. The van der Waals surface area contributed by atoms with Gasteiger partial charge in [0, 0.05) is 16.7 Å². The molecule has 96 valence electrons. The van der Waals surface area contributed by atoms with Crippen LogP contribution in [0.15, 0.2) is 22.8 Å². The molecule has 0 aliphatic carbocycles. The quantitative estimate of drug-likeness (QED) is 0.852. The first-order chi connectivity index (χ1) is 8.02. The number of nitrogens with one attached hydrogen (secondary N) is 1. The van der Waals surface area contributed by atoms with Gasteiger partial charge in [-0.1, -0.05) is 20.8 Å². The average Bonchev–Trinajstić information content (AvgIpc) is 2.26. The first-order valence-electron chi connectivity index (χ1n) is 6.31. The van der Waals surface area contributed by atoms with E-state index in [1.807, 2.05) is 13.2 Å². The van der Waals surface area contributed by atoms with E-state index in [9.17, 15) is 0 Å². The second kappa shape index (κ2) is 7.12. The molecule has 2 nitrogen and oxygen atoms in total. The Morgan fingerprint density at radius 2 is 1.94 bits per heavy atom. The zero-order chi connectivity index (χ0) is 12.8. The van der Waals surface area contributed by atoms with Crippen molar-refractivity contribution >= 4 is 15.9 Å². The van der Waals surface area contributed by atoms with Crippen molar-refractivity contribution in [3.63, 3.8) is 0 Å². The van der Waals surface area contributed by atoms with Crippen LogP contribution >= 0.6 is 15.9 Å². The van der Waals surface area contributed by atoms with Crippen LogP contribution in [0.2, 0.25) is 0 Å². The summed E-state index contributed by atoms with van der Waals surface area (Å²) in [7, 11) is 2.01. The number of halogens is 1. The van der Waals surface area contributed by atoms with Crippen LogP contribution in [0, 0.1) is 11.8 Å². The van der Waals surface area contributed by atoms with Crippen molar-refractivity contribution in [2.24, 2.45) is 11.8 Å². The molecule has 0 aromatic carbocycles. The molecule has 1 rings (SSSR count). The first-order valence-corrected chi connectivity index (χ1v) is 7.11. The summed E-state index contributed by atoms with van der Waals surface area (Å²) in [6, 6.07) is 4.50. The van der Waals surface area contributed by atoms with Gasteiger partial charge in [-0.15, -0.1) is 0 Å². The highest BCUT2D eigenvalue weighted by Gasteiger charge is 2.15. The molecule has 0 spiro atoms. The second-order valence-corrected chi connectivity index (χ2v) is 6.13. The maximum atomic E-state index is 4.47. The van der Waals surface area contributed by atoms with Crippen LogP contribution in [-0.2, 0) is 0 Å². The van der Waals surface area contributed by atoms with E-state index < -0.39 is 0 Å². The molecule has 1 aromatic heterocycles. The van der Waals surface area contributed by atoms with E-state index in [1.54, 1.807) is 0 Å². The van der Waals surface area contributed by atoms with Crippen molar-refractivity contribution in [1.82, 2.24) is 10.3 Å². The number of nitrogens with zero attached hydrogens (tertiary/aromatic N) is 1. The summed E-state index contributed by atoms with van der Waals surface area (Å²) in [6.07, 6.45) is 4.28. The fourth-order valence-electron chi connectivity index (χ4n) is 2.28. The van der Waals surface area contributed by atoms with Crippen molar-refractivity contribution in [3.8, 4) is 0 Å². The van der Waals surface area contributed by atoms with Crippen molar-refractivity contribution < 1.29 is 0 Å². The molecule has 0 radical (unpaired) electrons. The largest absolute Gasteiger partial charge is 0.312 e. The van der Waals surface area contributed by atoms with Gasteiger partial charge in [-0.25, -0.2) is 0 Å². The predicted octanol–water partition coefficient (Wildman–Crippen LogP) is 4.18. The number of hydrogen-bond acceptors (Lipinski definition) is 2. The van der Waals surface area contributed by atoms with Crippen molar-refractivity contribution in [2.75, 3.05) is 7.05 Å². The number of pyridine rings is 1. The molecule has 2 unspecified atom stereocenters. The highest BCUT2D eigenvalue weighted by molar-refractivity contribution is 9.10. The van der Waals surface area contributed by atoms with Gasteiger partial charge in [-0.05, 0) is 59.8 Å². The lowest BCUT2D eigenvalue weighted by Crippen LogP contribution is -2.20. The normalized spacial score (nSPS) is 14.9. The lowest BCUT2D eigenvalue weighted by molar-refractivity contribution is 0.363. The molecule has 3 heteroatoms. The van der Waals surface area contributed by atoms with Gasteiger partial charge in [0.05, 0.1) is 5.69 Å². The molecular formula is C14H23BrN2. The van der Waals surface area contributed by atoms with E-state index in [0.29, 0.717) is 6.04 Å². The van der Waals surface area contributed by atoms with E-state index >= 15 is 0 Å². The highest BCUT2D eigenvalue weighted by atomic mass is 79.9. The fraction of sp³-hybridized carbons (Fsp3) is 0.643. The Balaban J connectivity index is 2.62. The third-order valence-electron chi connectivity index (χ3n) is 2.97. The van der Waals surface area contributed by atoms with Gasteiger partial charge >= 0.3 is 0 Å². The van der Waals surface area contributed by atoms with E-state index in [1.165, 1.54) is 6.42 Å². The zero-order valence-corrected chi connectivity index (χ0v) is 12.8. The minimum atomic E-state index is 0.358. The molecule has 17 heavy (non-hydrogen) atoms. The van der Waals surface area contributed by atoms with Gasteiger partial charge in [-0.2, -0.15) is 0 Å². The SMILES string of the molecule is CNC(CC(C)CC(C)C)c1ccc(Br)cn1. The molecule has 1 N–H and O–H groups in total. The minimum absolute atomic E-state index is 0.358. The highest BCUT2D eigenvalue weighted by Crippen LogP contribution is 2.24. The zero-order valence-electron chi connectivity index (χ0n) is 11.2. The molecule has 0 fully saturated rings. The van der Waals surface area contributed by atoms with Crippen LogP contribution in [0.1, 0.15) is 45.3 Å². The molecule has 0 aliphatic rings. The molecule has 0 bridgehead atoms. The number of aromatic nitrogens is 1. The summed E-state index contributed by atoms with van der Waals surface area (Å²) in [5, 5.41) is 3.36. The monoisotopic (exact) mass is 298 g/mol. The summed E-state index contributed by atoms with van der Waals surface area (Å²) in [5.74, 6) is 1.48. The van der Waals surface area contributed by atoms with E-state index in [-0.39, 0.29) is 0 Å². The van der Waals surface area contributed by atoms with Gasteiger partial charge < -0.3 is 5.32 Å². The molecule has 2 atom stereocenters. The van der Waals surface area contributed by atoms with Crippen LogP contribution < -0.4 is 5.32 Å². The van der Waals surface area contributed by atoms with Gasteiger partial charge in [0.15, 0.2) is 0 Å². The molecule has 0 saturated carbocycles. The minimum Gasteiger partial charge on any atom is -0.312 e. The second-order valence-electron chi connectivity index (χ2n) is 5.21. The molecule has 1 heterocycles. The van der Waals surface area contributed by atoms with Crippen LogP contribution in [0.5, 0.6) is 0 Å². The van der Waals surface area contributed by atoms with Gasteiger partial charge in [0.1, 0.15) is 0 Å². The fourth-order valence-corrected chi connectivity index (χ4v) is 2.52. The average molecular weight is 299 g/mol. The Labute approximate surface area is 113 Å². The third-order valence-corrected chi connectivity index (χ3v) is 3.44. The smallest absolute Gasteiger partial charge is 0.0574 e. The number of hydrogen-bond donors (Lipinski definition) is 1.